The summed E-state index contributed by atoms with van der Waals surface area (Å²) in [7, 11) is 0. The van der Waals surface area contributed by atoms with E-state index in [1.165, 1.54) is 19.3 Å². The molecule has 16 heavy (non-hydrogen) atoms. The summed E-state index contributed by atoms with van der Waals surface area (Å²) in [6, 6.07) is -0.0659. The van der Waals surface area contributed by atoms with Crippen molar-refractivity contribution in [1.82, 2.24) is 20.9 Å². The smallest absolute Gasteiger partial charge is 0.252 e. The monoisotopic (exact) mass is 222 g/mol. The van der Waals surface area contributed by atoms with Crippen LogP contribution in [0.1, 0.15) is 26.2 Å². The van der Waals surface area contributed by atoms with Gasteiger partial charge in [-0.25, -0.2) is 5.43 Å². The molecule has 1 aliphatic carbocycles. The van der Waals surface area contributed by atoms with E-state index in [9.17, 15) is 4.79 Å². The fraction of sp³-hybridized carbons (Fsp3) is 0.727. The Morgan fingerprint density at radius 2 is 2.31 bits per heavy atom. The van der Waals surface area contributed by atoms with E-state index >= 15 is 0 Å². The molecule has 1 amide bonds. The van der Waals surface area contributed by atoms with Crippen molar-refractivity contribution in [1.29, 1.82) is 0 Å². The molecule has 2 fully saturated rings. The number of fused-ring (bicyclic) bond motifs is 1. The molecule has 1 saturated heterocycles. The molecule has 1 saturated carbocycles. The lowest BCUT2D eigenvalue weighted by atomic mass is 9.85. The minimum absolute atomic E-state index is 0.0659. The third-order valence-corrected chi connectivity index (χ3v) is 3.81. The van der Waals surface area contributed by atoms with Gasteiger partial charge in [-0.3, -0.25) is 9.80 Å². The van der Waals surface area contributed by atoms with Crippen molar-refractivity contribution >= 4 is 5.91 Å². The van der Waals surface area contributed by atoms with Gasteiger partial charge in [0, 0.05) is 25.0 Å². The summed E-state index contributed by atoms with van der Waals surface area (Å²) in [5.41, 5.74) is 7.03. The number of hydrogen-bond acceptors (Lipinski definition) is 4. The largest absolute Gasteiger partial charge is 0.313 e. The number of hydrazine groups is 2. The maximum absolute atomic E-state index is 12.3. The zero-order valence-electron chi connectivity index (χ0n) is 9.57. The number of nitrogens with zero attached hydrogens (tertiary/aromatic N) is 2. The first kappa shape index (κ1) is 10.1. The summed E-state index contributed by atoms with van der Waals surface area (Å²) < 4.78 is 0. The Bertz CT molecular complexity index is 337. The van der Waals surface area contributed by atoms with Crippen molar-refractivity contribution in [2.45, 2.75) is 32.2 Å². The minimum Gasteiger partial charge on any atom is -0.313 e. The molecule has 5 heteroatoms. The lowest BCUT2D eigenvalue weighted by molar-refractivity contribution is -0.135. The van der Waals surface area contributed by atoms with Gasteiger partial charge in [0.1, 0.15) is 6.04 Å². The van der Waals surface area contributed by atoms with Crippen molar-refractivity contribution in [3.05, 3.63) is 11.9 Å². The van der Waals surface area contributed by atoms with Gasteiger partial charge in [-0.15, -0.1) is 0 Å². The first-order chi connectivity index (χ1) is 7.75. The highest BCUT2D eigenvalue weighted by Gasteiger charge is 2.38. The second-order valence-electron chi connectivity index (χ2n) is 4.93. The van der Waals surface area contributed by atoms with Gasteiger partial charge in [0.15, 0.2) is 0 Å². The van der Waals surface area contributed by atoms with Crippen molar-refractivity contribution < 1.29 is 4.79 Å². The molecule has 2 aliphatic heterocycles. The molecule has 2 N–H and O–H groups in total. The fourth-order valence-electron chi connectivity index (χ4n) is 2.53. The molecule has 0 spiro atoms. The van der Waals surface area contributed by atoms with Crippen molar-refractivity contribution in [3.63, 3.8) is 0 Å². The number of carbonyl (C=O) groups excluding carboxylic acids is 1. The zero-order valence-corrected chi connectivity index (χ0v) is 9.57. The predicted octanol–water partition coefficient (Wildman–Crippen LogP) is 0.183. The van der Waals surface area contributed by atoms with Gasteiger partial charge < -0.3 is 4.90 Å². The van der Waals surface area contributed by atoms with Crippen LogP contribution in [0.25, 0.3) is 0 Å². The maximum Gasteiger partial charge on any atom is 0.252 e. The summed E-state index contributed by atoms with van der Waals surface area (Å²) in [5, 5.41) is 1.87. The summed E-state index contributed by atoms with van der Waals surface area (Å²) in [5.74, 6) is 0.950. The molecule has 0 aromatic carbocycles. The van der Waals surface area contributed by atoms with E-state index in [1.807, 2.05) is 23.0 Å². The number of carbonyl (C=O) groups is 1. The highest BCUT2D eigenvalue weighted by Crippen LogP contribution is 2.30. The van der Waals surface area contributed by atoms with Gasteiger partial charge in [-0.2, -0.15) is 5.53 Å². The van der Waals surface area contributed by atoms with E-state index in [0.29, 0.717) is 6.54 Å². The lowest BCUT2D eigenvalue weighted by Crippen LogP contribution is -2.52. The van der Waals surface area contributed by atoms with Crippen LogP contribution < -0.4 is 11.0 Å². The number of hydrogen-bond donors (Lipinski definition) is 2. The van der Waals surface area contributed by atoms with Crippen LogP contribution in [-0.4, -0.2) is 34.9 Å². The predicted molar refractivity (Wildman–Crippen MR) is 59.6 cm³/mol. The first-order valence-electron chi connectivity index (χ1n) is 6.02. The van der Waals surface area contributed by atoms with Gasteiger partial charge in [0.25, 0.3) is 5.91 Å². The summed E-state index contributed by atoms with van der Waals surface area (Å²) in [4.78, 5) is 14.2. The molecule has 0 radical (unpaired) electrons. The van der Waals surface area contributed by atoms with Crippen LogP contribution in [0.15, 0.2) is 11.9 Å². The van der Waals surface area contributed by atoms with Crippen LogP contribution in [-0.2, 0) is 4.79 Å². The Balaban J connectivity index is 1.76. The molecule has 5 nitrogen and oxygen atoms in total. The average Bonchev–Trinajstić information content (AvgIpc) is 2.62. The van der Waals surface area contributed by atoms with Crippen molar-refractivity contribution in [2.24, 2.45) is 5.92 Å². The Hall–Kier alpha value is -1.07. The molecule has 0 aromatic heterocycles. The first-order valence-corrected chi connectivity index (χ1v) is 6.02. The van der Waals surface area contributed by atoms with Crippen LogP contribution in [0.2, 0.25) is 0 Å². The Kier molecular flexibility index (Phi) is 2.37. The summed E-state index contributed by atoms with van der Waals surface area (Å²) in [6.45, 7) is 3.60. The standard InChI is InChI=1S/C11H18N4O/c1-8-6-15-10(5-12-13-15)11(16)14(8)7-9-3-2-4-9/h6,9-10,12-13H,2-5,7H2,1H3. The van der Waals surface area contributed by atoms with Gasteiger partial charge in [0.2, 0.25) is 0 Å². The molecule has 0 bridgehead atoms. The molecule has 88 valence electrons. The minimum atomic E-state index is -0.0659. The summed E-state index contributed by atoms with van der Waals surface area (Å²) in [6.07, 6.45) is 5.91. The number of allylic oxidation sites excluding steroid dienone is 1. The van der Waals surface area contributed by atoms with Gasteiger partial charge >= 0.3 is 0 Å². The molecule has 2 heterocycles. The normalized spacial score (nSPS) is 30.2. The number of rotatable bonds is 2. The molecule has 3 rings (SSSR count). The molecule has 0 aromatic rings. The quantitative estimate of drug-likeness (QED) is 0.700. The van der Waals surface area contributed by atoms with E-state index in [0.717, 1.165) is 18.2 Å². The second-order valence-corrected chi connectivity index (χ2v) is 4.93. The third kappa shape index (κ3) is 1.51. The van der Waals surface area contributed by atoms with Crippen LogP contribution >= 0.6 is 0 Å². The molecule has 1 unspecified atom stereocenters. The molecular weight excluding hydrogens is 204 g/mol. The van der Waals surface area contributed by atoms with Crippen molar-refractivity contribution in [2.75, 3.05) is 13.1 Å². The Labute approximate surface area is 95.4 Å². The van der Waals surface area contributed by atoms with E-state index in [2.05, 4.69) is 11.0 Å². The highest BCUT2D eigenvalue weighted by atomic mass is 16.2. The van der Waals surface area contributed by atoms with E-state index in [1.54, 1.807) is 0 Å². The van der Waals surface area contributed by atoms with Crippen molar-refractivity contribution in [3.8, 4) is 0 Å². The fourth-order valence-corrected chi connectivity index (χ4v) is 2.53. The van der Waals surface area contributed by atoms with Crippen LogP contribution in [0, 0.1) is 5.92 Å². The SMILES string of the molecule is CC1=CN2NNCC2C(=O)N1CC1CCC1. The zero-order chi connectivity index (χ0) is 11.1. The Morgan fingerprint density at radius 3 is 3.00 bits per heavy atom. The molecular formula is C11H18N4O. The van der Waals surface area contributed by atoms with Gasteiger partial charge in [0.05, 0.1) is 0 Å². The van der Waals surface area contributed by atoms with E-state index in [-0.39, 0.29) is 11.9 Å². The lowest BCUT2D eigenvalue weighted by Gasteiger charge is -2.38. The van der Waals surface area contributed by atoms with E-state index < -0.39 is 0 Å². The van der Waals surface area contributed by atoms with E-state index in [4.69, 9.17) is 0 Å². The third-order valence-electron chi connectivity index (χ3n) is 3.81. The second kappa shape index (κ2) is 3.75. The Morgan fingerprint density at radius 1 is 1.50 bits per heavy atom. The van der Waals surface area contributed by atoms with Gasteiger partial charge in [-0.05, 0) is 25.7 Å². The highest BCUT2D eigenvalue weighted by molar-refractivity contribution is 5.85. The van der Waals surface area contributed by atoms with Crippen LogP contribution in [0.4, 0.5) is 0 Å². The van der Waals surface area contributed by atoms with Crippen LogP contribution in [0.5, 0.6) is 0 Å². The number of nitrogens with one attached hydrogen (secondary N) is 2. The maximum atomic E-state index is 12.3. The van der Waals surface area contributed by atoms with Crippen LogP contribution in [0.3, 0.4) is 0 Å². The van der Waals surface area contributed by atoms with Gasteiger partial charge in [-0.1, -0.05) is 6.42 Å². The summed E-state index contributed by atoms with van der Waals surface area (Å²) >= 11 is 0. The molecule has 3 aliphatic rings. The number of amides is 1. The molecule has 1 atom stereocenters. The topological polar surface area (TPSA) is 47.6 Å². The average molecular weight is 222 g/mol.